The summed E-state index contributed by atoms with van der Waals surface area (Å²) in [6.07, 6.45) is 0.793. The first-order valence-electron chi connectivity index (χ1n) is 8.19. The standard InChI is InChI=1S/C18H18BrFN2O3S/c19-14-4-3-5-15(12-14)21-18(23)13-8-10-22(11-9-13)26(24,25)17-7-2-1-6-16(17)20/h1-7,12-13H,8-11H2,(H,21,23). The molecule has 1 amide bonds. The number of carbonyl (C=O) groups excluding carboxylic acids is 1. The summed E-state index contributed by atoms with van der Waals surface area (Å²) in [6.45, 7) is 0.375. The minimum absolute atomic E-state index is 0.133. The number of nitrogens with zero attached hydrogens (tertiary/aromatic N) is 1. The summed E-state index contributed by atoms with van der Waals surface area (Å²) in [5, 5.41) is 2.85. The number of sulfonamides is 1. The number of nitrogens with one attached hydrogen (secondary N) is 1. The van der Waals surface area contributed by atoms with Crippen LogP contribution in [-0.2, 0) is 14.8 Å². The molecule has 26 heavy (non-hydrogen) atoms. The van der Waals surface area contributed by atoms with Crippen molar-refractivity contribution in [2.75, 3.05) is 18.4 Å². The minimum atomic E-state index is -3.89. The van der Waals surface area contributed by atoms with Crippen molar-refractivity contribution < 1.29 is 17.6 Å². The van der Waals surface area contributed by atoms with Gasteiger partial charge in [-0.3, -0.25) is 4.79 Å². The first-order chi connectivity index (χ1) is 12.4. The quantitative estimate of drug-likeness (QED) is 0.788. The van der Waals surface area contributed by atoms with Crippen LogP contribution < -0.4 is 5.32 Å². The Bertz CT molecular complexity index is 912. The van der Waals surface area contributed by atoms with Gasteiger partial charge in [-0.2, -0.15) is 4.31 Å². The Balaban J connectivity index is 1.64. The van der Waals surface area contributed by atoms with E-state index in [-0.39, 0.29) is 29.8 Å². The predicted molar refractivity (Wildman–Crippen MR) is 101 cm³/mol. The van der Waals surface area contributed by atoms with Gasteiger partial charge in [-0.25, -0.2) is 12.8 Å². The van der Waals surface area contributed by atoms with Crippen LogP contribution in [0, 0.1) is 11.7 Å². The van der Waals surface area contributed by atoms with E-state index in [1.807, 2.05) is 12.1 Å². The van der Waals surface area contributed by atoms with Gasteiger partial charge in [-0.15, -0.1) is 0 Å². The Labute approximate surface area is 160 Å². The van der Waals surface area contributed by atoms with Crippen molar-refractivity contribution in [3.63, 3.8) is 0 Å². The topological polar surface area (TPSA) is 66.5 Å². The van der Waals surface area contributed by atoms with Gasteiger partial charge in [0.2, 0.25) is 15.9 Å². The second-order valence-electron chi connectivity index (χ2n) is 6.11. The first kappa shape index (κ1) is 19.0. The van der Waals surface area contributed by atoms with Crippen LogP contribution in [0.5, 0.6) is 0 Å². The van der Waals surface area contributed by atoms with Gasteiger partial charge < -0.3 is 5.32 Å². The fourth-order valence-electron chi connectivity index (χ4n) is 2.96. The molecule has 3 rings (SSSR count). The molecule has 1 heterocycles. The lowest BCUT2D eigenvalue weighted by Crippen LogP contribution is -2.41. The number of hydrogen-bond donors (Lipinski definition) is 1. The summed E-state index contributed by atoms with van der Waals surface area (Å²) in [5.41, 5.74) is 0.686. The fourth-order valence-corrected chi connectivity index (χ4v) is 4.90. The molecule has 0 unspecified atom stereocenters. The van der Waals surface area contributed by atoms with E-state index < -0.39 is 15.8 Å². The largest absolute Gasteiger partial charge is 0.326 e. The molecule has 2 aromatic rings. The molecule has 0 radical (unpaired) electrons. The molecule has 0 spiro atoms. The maximum atomic E-state index is 13.8. The molecule has 1 fully saturated rings. The zero-order chi connectivity index (χ0) is 18.7. The summed E-state index contributed by atoms with van der Waals surface area (Å²) < 4.78 is 41.1. The van der Waals surface area contributed by atoms with Gasteiger partial charge in [0.15, 0.2) is 0 Å². The van der Waals surface area contributed by atoms with E-state index in [4.69, 9.17) is 0 Å². The van der Waals surface area contributed by atoms with Gasteiger partial charge in [-0.05, 0) is 43.2 Å². The van der Waals surface area contributed by atoms with Crippen molar-refractivity contribution in [1.29, 1.82) is 0 Å². The molecule has 138 valence electrons. The minimum Gasteiger partial charge on any atom is -0.326 e. The molecule has 1 aliphatic rings. The van der Waals surface area contributed by atoms with E-state index in [1.54, 1.807) is 12.1 Å². The Hall–Kier alpha value is -1.77. The number of hydrogen-bond acceptors (Lipinski definition) is 3. The number of carbonyl (C=O) groups is 1. The molecular weight excluding hydrogens is 423 g/mol. The zero-order valence-electron chi connectivity index (χ0n) is 13.9. The molecule has 2 aromatic carbocycles. The fraction of sp³-hybridized carbons (Fsp3) is 0.278. The third kappa shape index (κ3) is 4.13. The van der Waals surface area contributed by atoms with Crippen LogP contribution in [0.1, 0.15) is 12.8 Å². The van der Waals surface area contributed by atoms with E-state index in [0.29, 0.717) is 18.5 Å². The Morgan fingerprint density at radius 1 is 1.12 bits per heavy atom. The van der Waals surface area contributed by atoms with Crippen molar-refractivity contribution in [3.8, 4) is 0 Å². The highest BCUT2D eigenvalue weighted by Gasteiger charge is 2.33. The van der Waals surface area contributed by atoms with Gasteiger partial charge in [0.25, 0.3) is 0 Å². The van der Waals surface area contributed by atoms with Crippen LogP contribution in [0.2, 0.25) is 0 Å². The highest BCUT2D eigenvalue weighted by atomic mass is 79.9. The second kappa shape index (κ2) is 7.85. The monoisotopic (exact) mass is 440 g/mol. The SMILES string of the molecule is O=C(Nc1cccc(Br)c1)C1CCN(S(=O)(=O)c2ccccc2F)CC1. The van der Waals surface area contributed by atoms with E-state index in [9.17, 15) is 17.6 Å². The van der Waals surface area contributed by atoms with Crippen LogP contribution in [-0.4, -0.2) is 31.7 Å². The maximum Gasteiger partial charge on any atom is 0.245 e. The molecule has 1 saturated heterocycles. The van der Waals surface area contributed by atoms with Gasteiger partial charge in [0.1, 0.15) is 10.7 Å². The van der Waals surface area contributed by atoms with Crippen LogP contribution >= 0.6 is 15.9 Å². The molecular formula is C18H18BrFN2O3S. The van der Waals surface area contributed by atoms with Crippen molar-refractivity contribution in [1.82, 2.24) is 4.31 Å². The Kier molecular flexibility index (Phi) is 5.74. The molecule has 0 bridgehead atoms. The third-order valence-corrected chi connectivity index (χ3v) is 6.80. The van der Waals surface area contributed by atoms with Crippen LogP contribution in [0.4, 0.5) is 10.1 Å². The number of benzene rings is 2. The van der Waals surface area contributed by atoms with Gasteiger partial charge in [0.05, 0.1) is 0 Å². The summed E-state index contributed by atoms with van der Waals surface area (Å²) in [6, 6.07) is 12.6. The Morgan fingerprint density at radius 2 is 1.81 bits per heavy atom. The van der Waals surface area contributed by atoms with E-state index in [0.717, 1.165) is 10.5 Å². The molecule has 5 nitrogen and oxygen atoms in total. The van der Waals surface area contributed by atoms with Crippen molar-refractivity contribution in [3.05, 3.63) is 58.8 Å². The number of anilines is 1. The summed E-state index contributed by atoms with van der Waals surface area (Å²) in [4.78, 5) is 12.1. The van der Waals surface area contributed by atoms with Crippen molar-refractivity contribution in [2.45, 2.75) is 17.7 Å². The lowest BCUT2D eigenvalue weighted by molar-refractivity contribution is -0.120. The highest BCUT2D eigenvalue weighted by molar-refractivity contribution is 9.10. The van der Waals surface area contributed by atoms with Gasteiger partial charge in [-0.1, -0.05) is 34.1 Å². The van der Waals surface area contributed by atoms with Crippen LogP contribution in [0.3, 0.4) is 0 Å². The normalized spacial score (nSPS) is 16.4. The van der Waals surface area contributed by atoms with Gasteiger partial charge >= 0.3 is 0 Å². The number of piperidine rings is 1. The summed E-state index contributed by atoms with van der Waals surface area (Å²) >= 11 is 3.35. The van der Waals surface area contributed by atoms with Crippen molar-refractivity contribution in [2.24, 2.45) is 5.92 Å². The molecule has 0 atom stereocenters. The third-order valence-electron chi connectivity index (χ3n) is 4.37. The number of rotatable bonds is 4. The van der Waals surface area contributed by atoms with E-state index in [1.165, 1.54) is 22.5 Å². The second-order valence-corrected chi connectivity index (χ2v) is 8.93. The molecule has 1 N–H and O–H groups in total. The van der Waals surface area contributed by atoms with Crippen molar-refractivity contribution >= 4 is 37.5 Å². The summed E-state index contributed by atoms with van der Waals surface area (Å²) in [5.74, 6) is -1.17. The molecule has 0 saturated carbocycles. The lowest BCUT2D eigenvalue weighted by atomic mass is 9.97. The molecule has 0 aliphatic carbocycles. The average molecular weight is 441 g/mol. The lowest BCUT2D eigenvalue weighted by Gasteiger charge is -2.30. The van der Waals surface area contributed by atoms with Crippen LogP contribution in [0.25, 0.3) is 0 Å². The van der Waals surface area contributed by atoms with Crippen LogP contribution in [0.15, 0.2) is 57.9 Å². The predicted octanol–water partition coefficient (Wildman–Crippen LogP) is 3.63. The van der Waals surface area contributed by atoms with E-state index >= 15 is 0 Å². The molecule has 0 aromatic heterocycles. The molecule has 1 aliphatic heterocycles. The van der Waals surface area contributed by atoms with Gasteiger partial charge in [0, 0.05) is 29.2 Å². The highest BCUT2D eigenvalue weighted by Crippen LogP contribution is 2.26. The maximum absolute atomic E-state index is 13.8. The Morgan fingerprint density at radius 3 is 2.46 bits per heavy atom. The zero-order valence-corrected chi connectivity index (χ0v) is 16.3. The summed E-state index contributed by atoms with van der Waals surface area (Å²) in [7, 11) is -3.89. The van der Waals surface area contributed by atoms with E-state index in [2.05, 4.69) is 21.2 Å². The number of amides is 1. The average Bonchev–Trinajstić information content (AvgIpc) is 2.62. The first-order valence-corrected chi connectivity index (χ1v) is 10.4. The number of halogens is 2. The molecule has 8 heteroatoms. The smallest absolute Gasteiger partial charge is 0.245 e.